The van der Waals surface area contributed by atoms with E-state index in [1.807, 2.05) is 13.8 Å². The summed E-state index contributed by atoms with van der Waals surface area (Å²) < 4.78 is 10.3. The van der Waals surface area contributed by atoms with Crippen LogP contribution in [-0.2, 0) is 14.3 Å². The Morgan fingerprint density at radius 2 is 2.23 bits per heavy atom. The summed E-state index contributed by atoms with van der Waals surface area (Å²) in [5.74, 6) is -0.162. The van der Waals surface area contributed by atoms with Crippen molar-refractivity contribution in [1.82, 2.24) is 5.32 Å². The third-order valence-corrected chi connectivity index (χ3v) is 2.06. The van der Waals surface area contributed by atoms with Crippen molar-refractivity contribution in [1.29, 1.82) is 0 Å². The standard InChI is InChI=1S/C9H17NO3/c1-3-12-7-5-8(10-6-7)9(11)13-4-2/h7-8,10H,3-6H2,1-2H3. The van der Waals surface area contributed by atoms with Crippen LogP contribution in [-0.4, -0.2) is 37.9 Å². The maximum Gasteiger partial charge on any atom is 0.323 e. The average molecular weight is 187 g/mol. The summed E-state index contributed by atoms with van der Waals surface area (Å²) in [7, 11) is 0. The van der Waals surface area contributed by atoms with E-state index < -0.39 is 0 Å². The molecule has 0 saturated carbocycles. The molecule has 0 aromatic rings. The molecule has 0 spiro atoms. The molecule has 1 heterocycles. The molecule has 2 atom stereocenters. The highest BCUT2D eigenvalue weighted by Crippen LogP contribution is 2.11. The number of carbonyl (C=O) groups is 1. The Balaban J connectivity index is 2.27. The number of nitrogens with one attached hydrogen (secondary N) is 1. The van der Waals surface area contributed by atoms with E-state index in [0.29, 0.717) is 13.2 Å². The highest BCUT2D eigenvalue weighted by Gasteiger charge is 2.30. The molecule has 0 aromatic heterocycles. The normalized spacial score (nSPS) is 27.5. The van der Waals surface area contributed by atoms with Crippen molar-refractivity contribution in [2.45, 2.75) is 32.4 Å². The van der Waals surface area contributed by atoms with E-state index in [2.05, 4.69) is 5.32 Å². The summed E-state index contributed by atoms with van der Waals surface area (Å²) >= 11 is 0. The molecule has 76 valence electrons. The van der Waals surface area contributed by atoms with E-state index >= 15 is 0 Å². The second-order valence-corrected chi connectivity index (χ2v) is 3.03. The number of ether oxygens (including phenoxy) is 2. The fourth-order valence-corrected chi connectivity index (χ4v) is 1.49. The Morgan fingerprint density at radius 3 is 2.85 bits per heavy atom. The molecule has 1 aliphatic rings. The number of rotatable bonds is 4. The number of hydrogen-bond donors (Lipinski definition) is 1. The van der Waals surface area contributed by atoms with Gasteiger partial charge in [0.1, 0.15) is 6.04 Å². The van der Waals surface area contributed by atoms with E-state index in [1.165, 1.54) is 0 Å². The lowest BCUT2D eigenvalue weighted by Gasteiger charge is -2.09. The molecular formula is C9H17NO3. The van der Waals surface area contributed by atoms with E-state index in [1.54, 1.807) is 0 Å². The zero-order valence-corrected chi connectivity index (χ0v) is 8.21. The van der Waals surface area contributed by atoms with E-state index in [4.69, 9.17) is 9.47 Å². The Labute approximate surface area is 78.6 Å². The van der Waals surface area contributed by atoms with Crippen LogP contribution in [0.3, 0.4) is 0 Å². The second-order valence-electron chi connectivity index (χ2n) is 3.03. The van der Waals surface area contributed by atoms with Crippen LogP contribution in [0.1, 0.15) is 20.3 Å². The lowest BCUT2D eigenvalue weighted by molar-refractivity contribution is -0.145. The van der Waals surface area contributed by atoms with Gasteiger partial charge in [0, 0.05) is 19.6 Å². The second kappa shape index (κ2) is 5.19. The van der Waals surface area contributed by atoms with E-state index in [-0.39, 0.29) is 18.1 Å². The Bertz CT molecular complexity index is 172. The van der Waals surface area contributed by atoms with Crippen molar-refractivity contribution in [3.05, 3.63) is 0 Å². The average Bonchev–Trinajstić information content (AvgIpc) is 2.54. The molecule has 1 saturated heterocycles. The molecule has 1 rings (SSSR count). The molecule has 0 bridgehead atoms. The zero-order chi connectivity index (χ0) is 9.68. The van der Waals surface area contributed by atoms with Crippen LogP contribution in [0, 0.1) is 0 Å². The van der Waals surface area contributed by atoms with Gasteiger partial charge in [0.05, 0.1) is 12.7 Å². The minimum absolute atomic E-state index is 0.162. The molecule has 13 heavy (non-hydrogen) atoms. The molecule has 4 nitrogen and oxygen atoms in total. The van der Waals surface area contributed by atoms with Crippen molar-refractivity contribution < 1.29 is 14.3 Å². The predicted octanol–water partition coefficient (Wildman–Crippen LogP) is 0.317. The molecule has 1 N–H and O–H groups in total. The van der Waals surface area contributed by atoms with Crippen molar-refractivity contribution in [3.63, 3.8) is 0 Å². The Hall–Kier alpha value is -0.610. The first kappa shape index (κ1) is 10.5. The smallest absolute Gasteiger partial charge is 0.323 e. The van der Waals surface area contributed by atoms with Gasteiger partial charge < -0.3 is 14.8 Å². The van der Waals surface area contributed by atoms with Gasteiger partial charge in [-0.2, -0.15) is 0 Å². The van der Waals surface area contributed by atoms with Crippen molar-refractivity contribution in [3.8, 4) is 0 Å². The van der Waals surface area contributed by atoms with Gasteiger partial charge in [-0.25, -0.2) is 0 Å². The largest absolute Gasteiger partial charge is 0.465 e. The van der Waals surface area contributed by atoms with Crippen molar-refractivity contribution in [2.75, 3.05) is 19.8 Å². The molecule has 0 radical (unpaired) electrons. The zero-order valence-electron chi connectivity index (χ0n) is 8.21. The van der Waals surface area contributed by atoms with Gasteiger partial charge in [-0.05, 0) is 13.8 Å². The number of carbonyl (C=O) groups excluding carboxylic acids is 1. The molecule has 4 heteroatoms. The summed E-state index contributed by atoms with van der Waals surface area (Å²) in [5, 5.41) is 3.08. The molecule has 0 aliphatic carbocycles. The fourth-order valence-electron chi connectivity index (χ4n) is 1.49. The van der Waals surface area contributed by atoms with Crippen LogP contribution in [0.25, 0.3) is 0 Å². The first-order valence-electron chi connectivity index (χ1n) is 4.79. The summed E-state index contributed by atoms with van der Waals surface area (Å²) in [5.41, 5.74) is 0. The van der Waals surface area contributed by atoms with Crippen LogP contribution in [0.4, 0.5) is 0 Å². The summed E-state index contributed by atoms with van der Waals surface area (Å²) in [4.78, 5) is 11.3. The Morgan fingerprint density at radius 1 is 1.46 bits per heavy atom. The third-order valence-electron chi connectivity index (χ3n) is 2.06. The van der Waals surface area contributed by atoms with Crippen molar-refractivity contribution in [2.24, 2.45) is 0 Å². The minimum Gasteiger partial charge on any atom is -0.465 e. The van der Waals surface area contributed by atoms with Crippen LogP contribution in [0.2, 0.25) is 0 Å². The fraction of sp³-hybridized carbons (Fsp3) is 0.889. The molecule has 2 unspecified atom stereocenters. The van der Waals surface area contributed by atoms with Gasteiger partial charge in [-0.3, -0.25) is 4.79 Å². The topological polar surface area (TPSA) is 47.6 Å². The third kappa shape index (κ3) is 2.97. The van der Waals surface area contributed by atoms with Crippen molar-refractivity contribution >= 4 is 5.97 Å². The molecule has 1 aliphatic heterocycles. The predicted molar refractivity (Wildman–Crippen MR) is 48.5 cm³/mol. The van der Waals surface area contributed by atoms with Gasteiger partial charge in [0.2, 0.25) is 0 Å². The first-order valence-corrected chi connectivity index (χ1v) is 4.79. The highest BCUT2D eigenvalue weighted by atomic mass is 16.5. The first-order chi connectivity index (χ1) is 6.27. The molecule has 1 fully saturated rings. The van der Waals surface area contributed by atoms with Crippen LogP contribution >= 0.6 is 0 Å². The SMILES string of the molecule is CCOC(=O)C1CC(OCC)CN1. The lowest BCUT2D eigenvalue weighted by Crippen LogP contribution is -2.32. The highest BCUT2D eigenvalue weighted by molar-refractivity contribution is 5.76. The van der Waals surface area contributed by atoms with Crippen LogP contribution < -0.4 is 5.32 Å². The van der Waals surface area contributed by atoms with Crippen LogP contribution in [0.5, 0.6) is 0 Å². The quantitative estimate of drug-likeness (QED) is 0.644. The number of esters is 1. The van der Waals surface area contributed by atoms with Gasteiger partial charge in [0.15, 0.2) is 0 Å². The molecule has 0 aromatic carbocycles. The van der Waals surface area contributed by atoms with Gasteiger partial charge in [0.25, 0.3) is 0 Å². The maximum atomic E-state index is 11.3. The number of hydrogen-bond acceptors (Lipinski definition) is 4. The maximum absolute atomic E-state index is 11.3. The van der Waals surface area contributed by atoms with Gasteiger partial charge in [-0.15, -0.1) is 0 Å². The van der Waals surface area contributed by atoms with E-state index in [0.717, 1.165) is 13.0 Å². The Kier molecular flexibility index (Phi) is 4.18. The van der Waals surface area contributed by atoms with E-state index in [9.17, 15) is 4.79 Å². The van der Waals surface area contributed by atoms with Crippen LogP contribution in [0.15, 0.2) is 0 Å². The van der Waals surface area contributed by atoms with Gasteiger partial charge in [-0.1, -0.05) is 0 Å². The monoisotopic (exact) mass is 187 g/mol. The summed E-state index contributed by atoms with van der Waals surface area (Å²) in [6.45, 7) is 5.65. The van der Waals surface area contributed by atoms with Gasteiger partial charge >= 0.3 is 5.97 Å². The summed E-state index contributed by atoms with van der Waals surface area (Å²) in [6.07, 6.45) is 0.895. The summed E-state index contributed by atoms with van der Waals surface area (Å²) in [6, 6.07) is -0.170. The lowest BCUT2D eigenvalue weighted by atomic mass is 10.2. The molecular weight excluding hydrogens is 170 g/mol. The minimum atomic E-state index is -0.170. The molecule has 0 amide bonds.